The zero-order chi connectivity index (χ0) is 10.2. The zero-order valence-corrected chi connectivity index (χ0v) is 9.80. The number of benzene rings is 1. The third kappa shape index (κ3) is 2.10. The van der Waals surface area contributed by atoms with E-state index in [4.69, 9.17) is 39.9 Å². The number of halogens is 4. The van der Waals surface area contributed by atoms with E-state index in [1.54, 1.807) is 0 Å². The number of hydrogen-bond donors (Lipinski definition) is 1. The van der Waals surface area contributed by atoms with Crippen molar-refractivity contribution in [3.05, 3.63) is 31.2 Å². The van der Waals surface area contributed by atoms with Gasteiger partial charge in [-0.1, -0.05) is 34.8 Å². The molecule has 70 valence electrons. The molecule has 0 saturated carbocycles. The van der Waals surface area contributed by atoms with Gasteiger partial charge in [0.05, 0.1) is 20.6 Å². The Morgan fingerprint density at radius 1 is 1.23 bits per heavy atom. The third-order valence-electron chi connectivity index (χ3n) is 1.33. The first-order valence-corrected chi connectivity index (χ1v) is 4.94. The predicted molar refractivity (Wildman–Crippen MR) is 56.1 cm³/mol. The first kappa shape index (κ1) is 11.1. The average Bonchev–Trinajstić information content (AvgIpc) is 2.07. The monoisotopic (exact) mass is 302 g/mol. The molecule has 0 aliphatic heterocycles. The molecule has 6 heteroatoms. The molecule has 0 aliphatic carbocycles. The lowest BCUT2D eigenvalue weighted by molar-refractivity contribution is 0.0697. The van der Waals surface area contributed by atoms with E-state index in [-0.39, 0.29) is 20.6 Å². The van der Waals surface area contributed by atoms with Crippen LogP contribution < -0.4 is 0 Å². The molecule has 1 N–H and O–H groups in total. The molecule has 0 saturated heterocycles. The van der Waals surface area contributed by atoms with Crippen LogP contribution in [-0.4, -0.2) is 11.1 Å². The highest BCUT2D eigenvalue weighted by Crippen LogP contribution is 2.38. The maximum atomic E-state index is 10.6. The Hall–Kier alpha value is 0.0400. The van der Waals surface area contributed by atoms with Gasteiger partial charge >= 0.3 is 5.97 Å². The molecule has 0 radical (unpaired) electrons. The summed E-state index contributed by atoms with van der Waals surface area (Å²) in [5.41, 5.74) is -0.0806. The van der Waals surface area contributed by atoms with Gasteiger partial charge in [0, 0.05) is 4.47 Å². The van der Waals surface area contributed by atoms with Crippen molar-refractivity contribution in [2.45, 2.75) is 0 Å². The normalized spacial score (nSPS) is 10.2. The summed E-state index contributed by atoms with van der Waals surface area (Å²) in [6.45, 7) is 0. The summed E-state index contributed by atoms with van der Waals surface area (Å²) in [5.74, 6) is -1.15. The van der Waals surface area contributed by atoms with Crippen LogP contribution in [0.5, 0.6) is 0 Å². The molecule has 0 atom stereocenters. The molecule has 0 aromatic heterocycles. The number of carboxylic acids is 1. The highest BCUT2D eigenvalue weighted by molar-refractivity contribution is 9.10. The number of aromatic carboxylic acids is 1. The molecule has 0 amide bonds. The lowest BCUT2D eigenvalue weighted by Gasteiger charge is -2.04. The molecular weight excluding hydrogens is 302 g/mol. The third-order valence-corrected chi connectivity index (χ3v) is 3.54. The van der Waals surface area contributed by atoms with E-state index in [9.17, 15) is 4.79 Å². The van der Waals surface area contributed by atoms with Crippen molar-refractivity contribution in [3.8, 4) is 0 Å². The SMILES string of the molecule is O=C(O)c1cc(Br)c(Cl)c(Cl)c1Cl. The molecule has 1 aromatic rings. The molecule has 0 heterocycles. The average molecular weight is 304 g/mol. The van der Waals surface area contributed by atoms with Crippen molar-refractivity contribution in [1.29, 1.82) is 0 Å². The minimum atomic E-state index is -1.15. The van der Waals surface area contributed by atoms with E-state index in [1.807, 2.05) is 0 Å². The summed E-state index contributed by atoms with van der Waals surface area (Å²) in [6.07, 6.45) is 0. The van der Waals surface area contributed by atoms with Gasteiger partial charge in [-0.25, -0.2) is 4.79 Å². The number of hydrogen-bond acceptors (Lipinski definition) is 1. The molecule has 0 spiro atoms. The zero-order valence-electron chi connectivity index (χ0n) is 5.94. The smallest absolute Gasteiger partial charge is 0.337 e. The van der Waals surface area contributed by atoms with Gasteiger partial charge in [0.1, 0.15) is 0 Å². The van der Waals surface area contributed by atoms with E-state index in [0.717, 1.165) is 0 Å². The van der Waals surface area contributed by atoms with Crippen molar-refractivity contribution < 1.29 is 9.90 Å². The first-order chi connectivity index (χ1) is 5.95. The molecule has 0 unspecified atom stereocenters. The Labute approximate surface area is 97.5 Å². The van der Waals surface area contributed by atoms with Crippen molar-refractivity contribution in [2.75, 3.05) is 0 Å². The topological polar surface area (TPSA) is 37.3 Å². The lowest BCUT2D eigenvalue weighted by atomic mass is 10.2. The second-order valence-corrected chi connectivity index (χ2v) is 4.14. The van der Waals surface area contributed by atoms with Crippen LogP contribution in [0.3, 0.4) is 0 Å². The van der Waals surface area contributed by atoms with E-state index in [1.165, 1.54) is 6.07 Å². The Bertz CT molecular complexity index is 378. The van der Waals surface area contributed by atoms with Crippen molar-refractivity contribution in [1.82, 2.24) is 0 Å². The van der Waals surface area contributed by atoms with E-state index < -0.39 is 5.97 Å². The molecule has 0 fully saturated rings. The van der Waals surface area contributed by atoms with E-state index in [0.29, 0.717) is 4.47 Å². The van der Waals surface area contributed by atoms with Crippen LogP contribution >= 0.6 is 50.7 Å². The highest BCUT2D eigenvalue weighted by Gasteiger charge is 2.16. The largest absolute Gasteiger partial charge is 0.478 e. The van der Waals surface area contributed by atoms with Crippen LogP contribution in [-0.2, 0) is 0 Å². The second kappa shape index (κ2) is 4.05. The number of carbonyl (C=O) groups is 1. The van der Waals surface area contributed by atoms with Crippen LogP contribution in [0.4, 0.5) is 0 Å². The summed E-state index contributed by atoms with van der Waals surface area (Å²) in [4.78, 5) is 10.6. The van der Waals surface area contributed by atoms with Crippen molar-refractivity contribution >= 4 is 56.7 Å². The summed E-state index contributed by atoms with van der Waals surface area (Å²) >= 11 is 20.1. The van der Waals surface area contributed by atoms with Crippen molar-refractivity contribution in [3.63, 3.8) is 0 Å². The molecule has 0 aliphatic rings. The molecule has 1 rings (SSSR count). The second-order valence-electron chi connectivity index (χ2n) is 2.15. The Morgan fingerprint density at radius 2 is 1.77 bits per heavy atom. The minimum Gasteiger partial charge on any atom is -0.478 e. The number of carboxylic acid groups (broad SMARTS) is 1. The van der Waals surface area contributed by atoms with E-state index >= 15 is 0 Å². The van der Waals surface area contributed by atoms with Gasteiger partial charge in [0.2, 0.25) is 0 Å². The van der Waals surface area contributed by atoms with Crippen LogP contribution in [0.1, 0.15) is 10.4 Å². The maximum absolute atomic E-state index is 10.6. The number of rotatable bonds is 1. The molecule has 2 nitrogen and oxygen atoms in total. The summed E-state index contributed by atoms with van der Waals surface area (Å²) in [7, 11) is 0. The highest BCUT2D eigenvalue weighted by atomic mass is 79.9. The summed E-state index contributed by atoms with van der Waals surface area (Å²) < 4.78 is 0.404. The standard InChI is InChI=1S/C7H2BrCl3O2/c8-3-1-2(7(12)13)4(9)6(11)5(3)10/h1H,(H,12,13). The van der Waals surface area contributed by atoms with E-state index in [2.05, 4.69) is 15.9 Å². The maximum Gasteiger partial charge on any atom is 0.337 e. The van der Waals surface area contributed by atoms with Gasteiger partial charge < -0.3 is 5.11 Å². The van der Waals surface area contributed by atoms with Gasteiger partial charge in [-0.3, -0.25) is 0 Å². The van der Waals surface area contributed by atoms with Gasteiger partial charge in [-0.15, -0.1) is 0 Å². The summed E-state index contributed by atoms with van der Waals surface area (Å²) in [6, 6.07) is 1.30. The van der Waals surface area contributed by atoms with Gasteiger partial charge in [0.15, 0.2) is 0 Å². The fourth-order valence-corrected chi connectivity index (χ4v) is 1.90. The Kier molecular flexibility index (Phi) is 3.46. The molecule has 0 bridgehead atoms. The van der Waals surface area contributed by atoms with Gasteiger partial charge in [-0.2, -0.15) is 0 Å². The van der Waals surface area contributed by atoms with Crippen LogP contribution in [0, 0.1) is 0 Å². The fraction of sp³-hybridized carbons (Fsp3) is 0. The molecule has 13 heavy (non-hydrogen) atoms. The van der Waals surface area contributed by atoms with Crippen LogP contribution in [0.15, 0.2) is 10.5 Å². The molecule has 1 aromatic carbocycles. The Morgan fingerprint density at radius 3 is 2.23 bits per heavy atom. The molecular formula is C7H2BrCl3O2. The van der Waals surface area contributed by atoms with Crippen molar-refractivity contribution in [2.24, 2.45) is 0 Å². The first-order valence-electron chi connectivity index (χ1n) is 3.01. The van der Waals surface area contributed by atoms with Crippen LogP contribution in [0.25, 0.3) is 0 Å². The van der Waals surface area contributed by atoms with Gasteiger partial charge in [0.25, 0.3) is 0 Å². The fourth-order valence-electron chi connectivity index (χ4n) is 0.728. The lowest BCUT2D eigenvalue weighted by Crippen LogP contribution is -1.98. The summed E-state index contributed by atoms with van der Waals surface area (Å²) in [5, 5.41) is 8.89. The quantitative estimate of drug-likeness (QED) is 0.626. The predicted octanol–water partition coefficient (Wildman–Crippen LogP) is 4.11. The minimum absolute atomic E-state index is 0.0371. The Balaban J connectivity index is 3.50. The van der Waals surface area contributed by atoms with Crippen LogP contribution in [0.2, 0.25) is 15.1 Å². The van der Waals surface area contributed by atoms with Gasteiger partial charge in [-0.05, 0) is 22.0 Å².